The highest BCUT2D eigenvalue weighted by molar-refractivity contribution is 5.97. The van der Waals surface area contributed by atoms with Crippen LogP contribution in [0.1, 0.15) is 38.0 Å². The largest absolute Gasteiger partial charge is 0.478 e. The second-order valence-corrected chi connectivity index (χ2v) is 4.67. The van der Waals surface area contributed by atoms with Crippen molar-refractivity contribution in [2.24, 2.45) is 0 Å². The van der Waals surface area contributed by atoms with E-state index in [-0.39, 0.29) is 0 Å². The normalized spacial score (nSPS) is 12.0. The first-order chi connectivity index (χ1) is 9.13. The van der Waals surface area contributed by atoms with E-state index >= 15 is 0 Å². The number of allylic oxidation sites excluding steroid dienone is 1. The summed E-state index contributed by atoms with van der Waals surface area (Å²) in [4.78, 5) is 10.9. The summed E-state index contributed by atoms with van der Waals surface area (Å²) < 4.78 is 5.87. The molecular formula is C16H18O3. The lowest BCUT2D eigenvalue weighted by Gasteiger charge is -2.02. The number of carbonyl (C=O) groups is 1. The van der Waals surface area contributed by atoms with Gasteiger partial charge in [0.05, 0.1) is 0 Å². The van der Waals surface area contributed by atoms with Crippen molar-refractivity contribution in [1.29, 1.82) is 0 Å². The van der Waals surface area contributed by atoms with E-state index in [0.717, 1.165) is 47.1 Å². The van der Waals surface area contributed by atoms with E-state index in [1.807, 2.05) is 31.2 Å². The average Bonchev–Trinajstić information content (AvgIpc) is 2.73. The molecule has 0 bridgehead atoms. The Bertz CT molecular complexity index is 620. The summed E-state index contributed by atoms with van der Waals surface area (Å²) in [6.45, 7) is 3.95. The van der Waals surface area contributed by atoms with Crippen LogP contribution in [0.5, 0.6) is 0 Å². The molecule has 2 rings (SSSR count). The molecule has 0 saturated heterocycles. The number of hydrogen-bond acceptors (Lipinski definition) is 2. The SMILES string of the molecule is CCCCc1oc2ccccc2c1/C(C)=C/C(=O)O. The van der Waals surface area contributed by atoms with Gasteiger partial charge in [-0.2, -0.15) is 0 Å². The lowest BCUT2D eigenvalue weighted by Crippen LogP contribution is -1.93. The molecule has 0 aliphatic rings. The Hall–Kier alpha value is -2.03. The number of rotatable bonds is 5. The molecule has 0 spiro atoms. The molecule has 1 aromatic carbocycles. The van der Waals surface area contributed by atoms with E-state index < -0.39 is 5.97 Å². The second-order valence-electron chi connectivity index (χ2n) is 4.67. The zero-order valence-electron chi connectivity index (χ0n) is 11.3. The summed E-state index contributed by atoms with van der Waals surface area (Å²) in [6, 6.07) is 7.76. The first-order valence-electron chi connectivity index (χ1n) is 6.55. The van der Waals surface area contributed by atoms with Gasteiger partial charge in [0, 0.05) is 23.4 Å². The maximum atomic E-state index is 10.9. The van der Waals surface area contributed by atoms with Crippen molar-refractivity contribution in [3.8, 4) is 0 Å². The fourth-order valence-electron chi connectivity index (χ4n) is 2.30. The van der Waals surface area contributed by atoms with Crippen molar-refractivity contribution in [3.63, 3.8) is 0 Å². The third kappa shape index (κ3) is 2.87. The Morgan fingerprint density at radius 2 is 2.11 bits per heavy atom. The van der Waals surface area contributed by atoms with Crippen molar-refractivity contribution in [3.05, 3.63) is 41.7 Å². The first kappa shape index (κ1) is 13.4. The van der Waals surface area contributed by atoms with Crippen LogP contribution in [-0.2, 0) is 11.2 Å². The van der Waals surface area contributed by atoms with Gasteiger partial charge in [-0.25, -0.2) is 4.79 Å². The molecule has 2 aromatic rings. The Labute approximate surface area is 112 Å². The maximum absolute atomic E-state index is 10.9. The molecule has 0 amide bonds. The molecule has 1 heterocycles. The van der Waals surface area contributed by atoms with E-state index in [4.69, 9.17) is 9.52 Å². The lowest BCUT2D eigenvalue weighted by atomic mass is 10.0. The molecule has 1 aromatic heterocycles. The lowest BCUT2D eigenvalue weighted by molar-refractivity contribution is -0.131. The van der Waals surface area contributed by atoms with Gasteiger partial charge in [0.2, 0.25) is 0 Å². The van der Waals surface area contributed by atoms with Crippen molar-refractivity contribution in [2.45, 2.75) is 33.1 Å². The fraction of sp³-hybridized carbons (Fsp3) is 0.312. The molecular weight excluding hydrogens is 240 g/mol. The number of hydrogen-bond donors (Lipinski definition) is 1. The van der Waals surface area contributed by atoms with Gasteiger partial charge in [-0.05, 0) is 25.0 Å². The van der Waals surface area contributed by atoms with Crippen LogP contribution in [0, 0.1) is 0 Å². The smallest absolute Gasteiger partial charge is 0.328 e. The van der Waals surface area contributed by atoms with Crippen LogP contribution >= 0.6 is 0 Å². The predicted molar refractivity (Wildman–Crippen MR) is 76.1 cm³/mol. The summed E-state index contributed by atoms with van der Waals surface area (Å²) in [6.07, 6.45) is 4.20. The molecule has 0 atom stereocenters. The van der Waals surface area contributed by atoms with E-state index in [2.05, 4.69) is 6.92 Å². The number of aryl methyl sites for hydroxylation is 1. The summed E-state index contributed by atoms with van der Waals surface area (Å²) in [5.74, 6) is -0.0396. The molecule has 0 radical (unpaired) electrons. The molecule has 0 unspecified atom stereocenters. The van der Waals surface area contributed by atoms with E-state index in [9.17, 15) is 4.79 Å². The van der Waals surface area contributed by atoms with E-state index in [0.29, 0.717) is 0 Å². The van der Waals surface area contributed by atoms with Crippen LogP contribution in [0.15, 0.2) is 34.8 Å². The van der Waals surface area contributed by atoms with Crippen molar-refractivity contribution in [1.82, 2.24) is 0 Å². The highest BCUT2D eigenvalue weighted by Gasteiger charge is 2.15. The minimum atomic E-state index is -0.927. The number of unbranched alkanes of at least 4 members (excludes halogenated alkanes) is 1. The van der Waals surface area contributed by atoms with Crippen molar-refractivity contribution >= 4 is 22.5 Å². The molecule has 0 fully saturated rings. The molecule has 19 heavy (non-hydrogen) atoms. The number of fused-ring (bicyclic) bond motifs is 1. The van der Waals surface area contributed by atoms with Crippen LogP contribution in [0.25, 0.3) is 16.5 Å². The third-order valence-electron chi connectivity index (χ3n) is 3.16. The predicted octanol–water partition coefficient (Wildman–Crippen LogP) is 4.26. The van der Waals surface area contributed by atoms with Crippen LogP contribution in [0.3, 0.4) is 0 Å². The number of carboxylic acids is 1. The third-order valence-corrected chi connectivity index (χ3v) is 3.16. The summed E-state index contributed by atoms with van der Waals surface area (Å²) in [5.41, 5.74) is 2.50. The zero-order valence-corrected chi connectivity index (χ0v) is 11.3. The maximum Gasteiger partial charge on any atom is 0.328 e. The molecule has 0 aliphatic carbocycles. The van der Waals surface area contributed by atoms with Gasteiger partial charge in [0.25, 0.3) is 0 Å². The quantitative estimate of drug-likeness (QED) is 0.815. The fourth-order valence-corrected chi connectivity index (χ4v) is 2.30. The summed E-state index contributed by atoms with van der Waals surface area (Å²) >= 11 is 0. The second kappa shape index (κ2) is 5.74. The summed E-state index contributed by atoms with van der Waals surface area (Å²) in [7, 11) is 0. The Kier molecular flexibility index (Phi) is 4.05. The Morgan fingerprint density at radius 1 is 1.37 bits per heavy atom. The van der Waals surface area contributed by atoms with Gasteiger partial charge in [0.1, 0.15) is 11.3 Å². The van der Waals surface area contributed by atoms with Gasteiger partial charge < -0.3 is 9.52 Å². The number of carboxylic acid groups (broad SMARTS) is 1. The van der Waals surface area contributed by atoms with E-state index in [1.165, 1.54) is 6.08 Å². The number of para-hydroxylation sites is 1. The monoisotopic (exact) mass is 258 g/mol. The molecule has 0 saturated carbocycles. The minimum absolute atomic E-state index is 0.739. The van der Waals surface area contributed by atoms with Crippen molar-refractivity contribution < 1.29 is 14.3 Å². The molecule has 3 nitrogen and oxygen atoms in total. The standard InChI is InChI=1S/C16H18O3/c1-3-4-8-14-16(11(2)10-15(17)18)12-7-5-6-9-13(12)19-14/h5-7,9-10H,3-4,8H2,1-2H3,(H,17,18)/b11-10+. The summed E-state index contributed by atoms with van der Waals surface area (Å²) in [5, 5.41) is 9.90. The van der Waals surface area contributed by atoms with Gasteiger partial charge >= 0.3 is 5.97 Å². The first-order valence-corrected chi connectivity index (χ1v) is 6.55. The molecule has 100 valence electrons. The van der Waals surface area contributed by atoms with E-state index in [1.54, 1.807) is 0 Å². The Morgan fingerprint density at radius 3 is 2.79 bits per heavy atom. The van der Waals surface area contributed by atoms with Gasteiger partial charge in [-0.1, -0.05) is 31.5 Å². The average molecular weight is 258 g/mol. The topological polar surface area (TPSA) is 50.4 Å². The van der Waals surface area contributed by atoms with Gasteiger partial charge in [-0.3, -0.25) is 0 Å². The Balaban J connectivity index is 2.57. The van der Waals surface area contributed by atoms with Crippen molar-refractivity contribution in [2.75, 3.05) is 0 Å². The van der Waals surface area contributed by atoms with Gasteiger partial charge in [-0.15, -0.1) is 0 Å². The molecule has 1 N–H and O–H groups in total. The van der Waals surface area contributed by atoms with Crippen LogP contribution < -0.4 is 0 Å². The zero-order chi connectivity index (χ0) is 13.8. The number of benzene rings is 1. The van der Waals surface area contributed by atoms with Crippen LogP contribution in [0.4, 0.5) is 0 Å². The molecule has 3 heteroatoms. The highest BCUT2D eigenvalue weighted by atomic mass is 16.4. The molecule has 0 aliphatic heterocycles. The minimum Gasteiger partial charge on any atom is -0.478 e. The number of aliphatic carboxylic acids is 1. The van der Waals surface area contributed by atoms with Gasteiger partial charge in [0.15, 0.2) is 0 Å². The number of furan rings is 1. The van der Waals surface area contributed by atoms with Crippen LogP contribution in [-0.4, -0.2) is 11.1 Å². The van der Waals surface area contributed by atoms with Crippen LogP contribution in [0.2, 0.25) is 0 Å². The highest BCUT2D eigenvalue weighted by Crippen LogP contribution is 2.32.